The number of benzene rings is 1. The molecule has 0 spiro atoms. The summed E-state index contributed by atoms with van der Waals surface area (Å²) in [6, 6.07) is 3.48. The molecule has 1 aliphatic rings. The van der Waals surface area contributed by atoms with E-state index < -0.39 is 6.10 Å². The van der Waals surface area contributed by atoms with Crippen molar-refractivity contribution in [3.8, 4) is 11.5 Å². The van der Waals surface area contributed by atoms with Gasteiger partial charge < -0.3 is 14.6 Å². The van der Waals surface area contributed by atoms with Crippen LogP contribution in [0.5, 0.6) is 11.5 Å². The number of hydrogen-bond acceptors (Lipinski definition) is 4. The Hall–Kier alpha value is -1.55. The van der Waals surface area contributed by atoms with Gasteiger partial charge in [0.25, 0.3) is 0 Å². The maximum absolute atomic E-state index is 11.9. The molecule has 0 saturated heterocycles. The van der Waals surface area contributed by atoms with Gasteiger partial charge in [-0.05, 0) is 25.0 Å². The van der Waals surface area contributed by atoms with Gasteiger partial charge >= 0.3 is 0 Å². The van der Waals surface area contributed by atoms with Crippen molar-refractivity contribution in [3.05, 3.63) is 23.3 Å². The van der Waals surface area contributed by atoms with Gasteiger partial charge in [-0.15, -0.1) is 0 Å². The third-order valence-corrected chi connectivity index (χ3v) is 3.10. The molecule has 1 unspecified atom stereocenters. The molecule has 1 atom stereocenters. The van der Waals surface area contributed by atoms with Crippen molar-refractivity contribution in [2.75, 3.05) is 14.2 Å². The van der Waals surface area contributed by atoms with Crippen molar-refractivity contribution < 1.29 is 19.4 Å². The number of ketones is 1. The number of carbonyl (C=O) groups is 1. The average molecular weight is 236 g/mol. The summed E-state index contributed by atoms with van der Waals surface area (Å²) < 4.78 is 10.5. The molecule has 0 aliphatic heterocycles. The minimum absolute atomic E-state index is 0.0362. The van der Waals surface area contributed by atoms with E-state index in [-0.39, 0.29) is 12.2 Å². The number of carbonyl (C=O) groups excluding carboxylic acids is 1. The Bertz CT molecular complexity index is 439. The maximum Gasteiger partial charge on any atom is 0.165 e. The lowest BCUT2D eigenvalue weighted by atomic mass is 10.0. The number of fused-ring (bicyclic) bond motifs is 1. The third-order valence-electron chi connectivity index (χ3n) is 3.10. The lowest BCUT2D eigenvalue weighted by Crippen LogP contribution is -2.10. The fourth-order valence-corrected chi connectivity index (χ4v) is 2.24. The van der Waals surface area contributed by atoms with Crippen LogP contribution in [-0.2, 0) is 6.42 Å². The largest absolute Gasteiger partial charge is 0.493 e. The summed E-state index contributed by atoms with van der Waals surface area (Å²) in [5.74, 6) is 1.19. The number of aliphatic hydroxyl groups excluding tert-OH is 1. The van der Waals surface area contributed by atoms with Gasteiger partial charge in [-0.2, -0.15) is 0 Å². The normalized spacial score (nSPS) is 19.5. The fourth-order valence-electron chi connectivity index (χ4n) is 2.24. The predicted molar refractivity (Wildman–Crippen MR) is 62.8 cm³/mol. The van der Waals surface area contributed by atoms with Crippen molar-refractivity contribution in [1.82, 2.24) is 0 Å². The molecular weight excluding hydrogens is 220 g/mol. The molecule has 1 N–H and O–H groups in total. The molecule has 4 nitrogen and oxygen atoms in total. The quantitative estimate of drug-likeness (QED) is 0.792. The van der Waals surface area contributed by atoms with E-state index in [0.29, 0.717) is 29.9 Å². The van der Waals surface area contributed by atoms with E-state index in [4.69, 9.17) is 9.47 Å². The summed E-state index contributed by atoms with van der Waals surface area (Å²) in [4.78, 5) is 11.9. The lowest BCUT2D eigenvalue weighted by Gasteiger charge is -2.14. The number of hydrogen-bond donors (Lipinski definition) is 1. The maximum atomic E-state index is 11.9. The van der Waals surface area contributed by atoms with Gasteiger partial charge in [-0.3, -0.25) is 4.79 Å². The van der Waals surface area contributed by atoms with Crippen LogP contribution in [0.4, 0.5) is 0 Å². The Morgan fingerprint density at radius 2 is 2.06 bits per heavy atom. The highest BCUT2D eigenvalue weighted by Crippen LogP contribution is 2.36. The summed E-state index contributed by atoms with van der Waals surface area (Å²) in [7, 11) is 3.13. The van der Waals surface area contributed by atoms with Gasteiger partial charge in [0, 0.05) is 17.5 Å². The summed E-state index contributed by atoms with van der Waals surface area (Å²) in [6.07, 6.45) is 0.818. The van der Waals surface area contributed by atoms with Crippen LogP contribution in [0.2, 0.25) is 0 Å². The molecule has 4 heteroatoms. The van der Waals surface area contributed by atoms with Crippen LogP contribution in [0, 0.1) is 0 Å². The summed E-state index contributed by atoms with van der Waals surface area (Å²) in [5, 5.41) is 9.63. The van der Waals surface area contributed by atoms with Crippen LogP contribution in [0.3, 0.4) is 0 Å². The van der Waals surface area contributed by atoms with Crippen LogP contribution in [0.15, 0.2) is 12.1 Å². The second-order valence-corrected chi connectivity index (χ2v) is 4.15. The van der Waals surface area contributed by atoms with E-state index in [1.165, 1.54) is 0 Å². The second-order valence-electron chi connectivity index (χ2n) is 4.15. The third kappa shape index (κ3) is 2.13. The van der Waals surface area contributed by atoms with Gasteiger partial charge in [0.2, 0.25) is 0 Å². The highest BCUT2D eigenvalue weighted by molar-refractivity contribution is 5.99. The fraction of sp³-hybridized carbons (Fsp3) is 0.462. The van der Waals surface area contributed by atoms with Crippen LogP contribution in [0.25, 0.3) is 0 Å². The topological polar surface area (TPSA) is 55.8 Å². The second kappa shape index (κ2) is 4.75. The molecule has 0 bridgehead atoms. The summed E-state index contributed by atoms with van der Waals surface area (Å²) >= 11 is 0. The van der Waals surface area contributed by atoms with Crippen molar-refractivity contribution in [2.24, 2.45) is 0 Å². The SMILES string of the molecule is COc1ccc2c(c1OC)CCC(O)CC2=O. The average Bonchev–Trinajstić information content (AvgIpc) is 2.47. The molecular formula is C13H16O4. The van der Waals surface area contributed by atoms with Crippen LogP contribution in [-0.4, -0.2) is 31.2 Å². The molecule has 0 saturated carbocycles. The van der Waals surface area contributed by atoms with Gasteiger partial charge in [-0.1, -0.05) is 0 Å². The first kappa shape index (κ1) is 11.9. The van der Waals surface area contributed by atoms with Gasteiger partial charge in [0.05, 0.1) is 20.3 Å². The predicted octanol–water partition coefficient (Wildman–Crippen LogP) is 1.58. The number of aliphatic hydroxyl groups is 1. The van der Waals surface area contributed by atoms with Crippen LogP contribution < -0.4 is 9.47 Å². The molecule has 0 aromatic heterocycles. The highest BCUT2D eigenvalue weighted by atomic mass is 16.5. The molecule has 0 fully saturated rings. The minimum Gasteiger partial charge on any atom is -0.493 e. The summed E-state index contributed by atoms with van der Waals surface area (Å²) in [5.41, 5.74) is 1.48. The van der Waals surface area contributed by atoms with E-state index in [2.05, 4.69) is 0 Å². The first-order valence-corrected chi connectivity index (χ1v) is 5.62. The van der Waals surface area contributed by atoms with Gasteiger partial charge in [0.1, 0.15) is 0 Å². The van der Waals surface area contributed by atoms with E-state index in [1.807, 2.05) is 0 Å². The zero-order valence-electron chi connectivity index (χ0n) is 10.0. The van der Waals surface area contributed by atoms with Gasteiger partial charge in [-0.25, -0.2) is 0 Å². The van der Waals surface area contributed by atoms with E-state index in [1.54, 1.807) is 26.4 Å². The molecule has 0 amide bonds. The molecule has 1 aromatic rings. The molecule has 1 aliphatic carbocycles. The molecule has 1 aromatic carbocycles. The van der Waals surface area contributed by atoms with Crippen molar-refractivity contribution in [3.63, 3.8) is 0 Å². The Morgan fingerprint density at radius 3 is 2.71 bits per heavy atom. The van der Waals surface area contributed by atoms with Crippen molar-refractivity contribution in [2.45, 2.75) is 25.4 Å². The molecule has 0 radical (unpaired) electrons. The van der Waals surface area contributed by atoms with E-state index in [0.717, 1.165) is 5.56 Å². The first-order valence-electron chi connectivity index (χ1n) is 5.62. The minimum atomic E-state index is -0.564. The molecule has 17 heavy (non-hydrogen) atoms. The van der Waals surface area contributed by atoms with E-state index >= 15 is 0 Å². The van der Waals surface area contributed by atoms with Crippen molar-refractivity contribution >= 4 is 5.78 Å². The molecule has 0 heterocycles. The van der Waals surface area contributed by atoms with Crippen LogP contribution in [0.1, 0.15) is 28.8 Å². The van der Waals surface area contributed by atoms with E-state index in [9.17, 15) is 9.90 Å². The molecule has 2 rings (SSSR count). The number of ether oxygens (including phenoxy) is 2. The summed E-state index contributed by atoms with van der Waals surface area (Å²) in [6.45, 7) is 0. The highest BCUT2D eigenvalue weighted by Gasteiger charge is 2.25. The molecule has 92 valence electrons. The van der Waals surface area contributed by atoms with Crippen LogP contribution >= 0.6 is 0 Å². The Balaban J connectivity index is 2.54. The smallest absolute Gasteiger partial charge is 0.165 e. The first-order chi connectivity index (χ1) is 8.17. The Kier molecular flexibility index (Phi) is 3.33. The lowest BCUT2D eigenvalue weighted by molar-refractivity contribution is 0.0882. The monoisotopic (exact) mass is 236 g/mol. The zero-order chi connectivity index (χ0) is 12.4. The standard InChI is InChI=1S/C13H16O4/c1-16-12-6-5-9-10(13(12)17-2)4-3-8(14)7-11(9)15/h5-6,8,14H,3-4,7H2,1-2H3. The zero-order valence-corrected chi connectivity index (χ0v) is 10.0. The Morgan fingerprint density at radius 1 is 1.29 bits per heavy atom. The number of rotatable bonds is 2. The Labute approximate surface area is 100 Å². The van der Waals surface area contributed by atoms with Crippen molar-refractivity contribution in [1.29, 1.82) is 0 Å². The van der Waals surface area contributed by atoms with Gasteiger partial charge in [0.15, 0.2) is 17.3 Å². The number of Topliss-reactive ketones (excluding diaryl/α,β-unsaturated/α-hetero) is 1. The number of methoxy groups -OCH3 is 2.